The number of aryl methyl sites for hydroxylation is 1. The molecule has 0 aliphatic rings. The molecular weight excluding hydrogens is 370 g/mol. The minimum atomic E-state index is -4.49. The van der Waals surface area contributed by atoms with Crippen LogP contribution in [0.1, 0.15) is 39.7 Å². The summed E-state index contributed by atoms with van der Waals surface area (Å²) in [6.45, 7) is 11.6. The molecule has 0 spiro atoms. The van der Waals surface area contributed by atoms with Gasteiger partial charge in [0.1, 0.15) is 10.1 Å². The van der Waals surface area contributed by atoms with E-state index in [9.17, 15) is 22.6 Å². The Kier molecular flexibility index (Phi) is 11.2. The number of rotatable bonds is 9. The third kappa shape index (κ3) is 9.35. The van der Waals surface area contributed by atoms with Crippen LogP contribution in [-0.2, 0) is 26.1 Å². The molecule has 9 heteroatoms. The Bertz CT molecular complexity index is 772. The van der Waals surface area contributed by atoms with Gasteiger partial charge < -0.3 is 15.0 Å². The number of quaternary nitrogens is 1. The zero-order valence-corrected chi connectivity index (χ0v) is 17.0. The molecular formula is C18H27N3O5S. The number of Topliss-reactive ketones (excluding diaryl/α,β-unsaturated/α-hetero) is 2. The van der Waals surface area contributed by atoms with Gasteiger partial charge in [0.15, 0.2) is 0 Å². The Balaban J connectivity index is 0.000000821. The van der Waals surface area contributed by atoms with E-state index in [0.29, 0.717) is 5.56 Å². The van der Waals surface area contributed by atoms with E-state index in [1.807, 2.05) is 0 Å². The fourth-order valence-corrected chi connectivity index (χ4v) is 2.74. The van der Waals surface area contributed by atoms with Gasteiger partial charge in [0.25, 0.3) is 0 Å². The Morgan fingerprint density at radius 3 is 1.85 bits per heavy atom. The van der Waals surface area contributed by atoms with Crippen molar-refractivity contribution in [3.8, 4) is 0 Å². The van der Waals surface area contributed by atoms with Crippen molar-refractivity contribution in [3.63, 3.8) is 0 Å². The van der Waals surface area contributed by atoms with Crippen molar-refractivity contribution >= 4 is 27.4 Å². The molecule has 0 heterocycles. The van der Waals surface area contributed by atoms with Gasteiger partial charge in [-0.1, -0.05) is 12.1 Å². The molecule has 0 radical (unpaired) electrons. The lowest BCUT2D eigenvalue weighted by atomic mass is 10.0. The largest absolute Gasteiger partial charge is 0.744 e. The zero-order valence-electron chi connectivity index (χ0n) is 16.2. The molecule has 0 unspecified atom stereocenters. The third-order valence-corrected chi connectivity index (χ3v) is 4.90. The van der Waals surface area contributed by atoms with E-state index in [0.717, 1.165) is 19.1 Å². The second-order valence-electron chi connectivity index (χ2n) is 5.84. The summed E-state index contributed by atoms with van der Waals surface area (Å²) in [4.78, 5) is 26.5. The van der Waals surface area contributed by atoms with E-state index in [2.05, 4.69) is 25.6 Å². The Hall–Kier alpha value is -2.19. The van der Waals surface area contributed by atoms with Crippen molar-refractivity contribution < 1.29 is 32.2 Å². The van der Waals surface area contributed by atoms with Gasteiger partial charge in [-0.3, -0.25) is 9.59 Å². The van der Waals surface area contributed by atoms with Crippen LogP contribution in [0.15, 0.2) is 29.2 Å². The number of ketones is 2. The summed E-state index contributed by atoms with van der Waals surface area (Å²) < 4.78 is 32.2. The summed E-state index contributed by atoms with van der Waals surface area (Å²) >= 11 is 0. The minimum Gasteiger partial charge on any atom is -0.744 e. The number of carbonyl (C=O) groups excluding carboxylic acids is 2. The van der Waals surface area contributed by atoms with E-state index >= 15 is 0 Å². The minimum absolute atomic E-state index is 0.0670. The van der Waals surface area contributed by atoms with Gasteiger partial charge in [-0.25, -0.2) is 8.42 Å². The highest BCUT2D eigenvalue weighted by Crippen LogP contribution is 2.11. The lowest BCUT2D eigenvalue weighted by Gasteiger charge is -2.10. The predicted molar refractivity (Wildman–Crippen MR) is 99.6 cm³/mol. The van der Waals surface area contributed by atoms with Crippen molar-refractivity contribution in [2.45, 2.75) is 45.4 Å². The second kappa shape index (κ2) is 12.2. The molecule has 8 nitrogen and oxygen atoms in total. The summed E-state index contributed by atoms with van der Waals surface area (Å²) in [5.41, 5.74) is 8.63. The topological polar surface area (TPSA) is 132 Å². The standard InChI is InChI=1S/C12H12N2O5S.C6H15N/c1-8(15)12(14-13)11(16)7-4-9-2-5-10(6-3-9)20(17,18)19;1-4-7(5-2)6-3/h2-3,5-6H,4,7H2,1H3,(H,17,18,19);4-6H2,1-3H3. The average molecular weight is 397 g/mol. The van der Waals surface area contributed by atoms with Crippen LogP contribution in [0.3, 0.4) is 0 Å². The van der Waals surface area contributed by atoms with Crippen LogP contribution >= 0.6 is 0 Å². The molecule has 1 aromatic rings. The van der Waals surface area contributed by atoms with Crippen LogP contribution < -0.4 is 4.90 Å². The summed E-state index contributed by atoms with van der Waals surface area (Å²) in [5.74, 6) is -1.24. The Morgan fingerprint density at radius 1 is 1.07 bits per heavy atom. The number of carbonyl (C=O) groups is 2. The maximum absolute atomic E-state index is 11.6. The normalized spacial score (nSPS) is 10.6. The van der Waals surface area contributed by atoms with Crippen molar-refractivity contribution in [3.05, 3.63) is 35.4 Å². The molecule has 0 atom stereocenters. The summed E-state index contributed by atoms with van der Waals surface area (Å²) in [7, 11) is -4.49. The maximum atomic E-state index is 11.6. The number of nitrogens with one attached hydrogen (secondary N) is 1. The highest BCUT2D eigenvalue weighted by molar-refractivity contribution is 7.85. The van der Waals surface area contributed by atoms with E-state index in [1.165, 1.54) is 31.8 Å². The summed E-state index contributed by atoms with van der Waals surface area (Å²) in [6.07, 6.45) is 0.159. The fraction of sp³-hybridized carbons (Fsp3) is 0.500. The highest BCUT2D eigenvalue weighted by atomic mass is 32.2. The number of nitrogens with zero attached hydrogens (tertiary/aromatic N) is 2. The molecule has 0 saturated carbocycles. The first-order chi connectivity index (χ1) is 12.6. The van der Waals surface area contributed by atoms with Crippen LogP contribution in [0.5, 0.6) is 0 Å². The van der Waals surface area contributed by atoms with Crippen molar-refractivity contribution in [1.82, 2.24) is 0 Å². The van der Waals surface area contributed by atoms with Crippen molar-refractivity contribution in [2.24, 2.45) is 0 Å². The molecule has 150 valence electrons. The number of hydrogen-bond donors (Lipinski definition) is 1. The molecule has 1 aromatic carbocycles. The first-order valence-electron chi connectivity index (χ1n) is 8.75. The van der Waals surface area contributed by atoms with Gasteiger partial charge in [-0.05, 0) is 44.9 Å². The lowest BCUT2D eigenvalue weighted by Crippen LogP contribution is -3.11. The SMILES string of the molecule is CC(=O)C(=[N+]=[N-])C(=O)CCc1ccc(S(=O)(=O)[O-])cc1.CC[NH+](CC)CC. The number of benzene rings is 1. The van der Waals surface area contributed by atoms with Gasteiger partial charge in [0.2, 0.25) is 11.6 Å². The summed E-state index contributed by atoms with van der Waals surface area (Å²) in [5, 5.41) is 0. The van der Waals surface area contributed by atoms with Gasteiger partial charge in [0.05, 0.1) is 24.5 Å². The van der Waals surface area contributed by atoms with Gasteiger partial charge in [0, 0.05) is 13.3 Å². The third-order valence-electron chi connectivity index (χ3n) is 4.05. The lowest BCUT2D eigenvalue weighted by molar-refractivity contribution is -0.894. The quantitative estimate of drug-likeness (QED) is 0.210. The zero-order chi connectivity index (χ0) is 21.0. The molecule has 0 aromatic heterocycles. The molecule has 0 saturated heterocycles. The second-order valence-corrected chi connectivity index (χ2v) is 7.22. The smallest absolute Gasteiger partial charge is 0.399 e. The van der Waals surface area contributed by atoms with Gasteiger partial charge >= 0.3 is 5.71 Å². The first-order valence-corrected chi connectivity index (χ1v) is 10.2. The predicted octanol–water partition coefficient (Wildman–Crippen LogP) is 0.283. The monoisotopic (exact) mass is 397 g/mol. The molecule has 27 heavy (non-hydrogen) atoms. The molecule has 0 fully saturated rings. The van der Waals surface area contributed by atoms with Crippen LogP contribution in [-0.4, -0.2) is 54.7 Å². The molecule has 0 aliphatic carbocycles. The summed E-state index contributed by atoms with van der Waals surface area (Å²) in [6, 6.07) is 5.10. The van der Waals surface area contributed by atoms with E-state index in [4.69, 9.17) is 5.53 Å². The van der Waals surface area contributed by atoms with Gasteiger partial charge in [-0.15, -0.1) is 0 Å². The molecule has 0 bridgehead atoms. The molecule has 0 aliphatic heterocycles. The van der Waals surface area contributed by atoms with Crippen LogP contribution in [0, 0.1) is 0 Å². The number of hydrogen-bond acceptors (Lipinski definition) is 5. The Labute approximate surface area is 160 Å². The maximum Gasteiger partial charge on any atom is 0.399 e. The Morgan fingerprint density at radius 2 is 1.56 bits per heavy atom. The molecule has 1 rings (SSSR count). The average Bonchev–Trinajstić information content (AvgIpc) is 2.62. The van der Waals surface area contributed by atoms with E-state index in [-0.39, 0.29) is 17.7 Å². The van der Waals surface area contributed by atoms with Crippen LogP contribution in [0.25, 0.3) is 5.53 Å². The highest BCUT2D eigenvalue weighted by Gasteiger charge is 2.24. The molecule has 1 N–H and O–H groups in total. The van der Waals surface area contributed by atoms with Crippen LogP contribution in [0.2, 0.25) is 0 Å². The van der Waals surface area contributed by atoms with Crippen molar-refractivity contribution in [1.29, 1.82) is 0 Å². The van der Waals surface area contributed by atoms with Gasteiger partial charge in [-0.2, -0.15) is 4.79 Å². The van der Waals surface area contributed by atoms with Crippen molar-refractivity contribution in [2.75, 3.05) is 19.6 Å². The first kappa shape index (κ1) is 24.8. The van der Waals surface area contributed by atoms with E-state index < -0.39 is 27.4 Å². The van der Waals surface area contributed by atoms with E-state index in [1.54, 1.807) is 4.90 Å². The molecule has 0 amide bonds. The van der Waals surface area contributed by atoms with Crippen LogP contribution in [0.4, 0.5) is 0 Å². The fourth-order valence-electron chi connectivity index (χ4n) is 2.27.